The molecule has 0 heterocycles. The van der Waals surface area contributed by atoms with Crippen molar-refractivity contribution in [3.63, 3.8) is 0 Å². The van der Waals surface area contributed by atoms with Crippen molar-refractivity contribution >= 4 is 17.3 Å². The summed E-state index contributed by atoms with van der Waals surface area (Å²) >= 11 is 0. The van der Waals surface area contributed by atoms with Gasteiger partial charge in [-0.2, -0.15) is 0 Å². The summed E-state index contributed by atoms with van der Waals surface area (Å²) in [5, 5.41) is 15.7. The number of nitrogens with one attached hydrogen (secondary N) is 2. The van der Waals surface area contributed by atoms with E-state index in [2.05, 4.69) is 10.6 Å². The summed E-state index contributed by atoms with van der Waals surface area (Å²) in [6.07, 6.45) is 3.24. The molecule has 1 aromatic rings. The van der Waals surface area contributed by atoms with E-state index in [1.54, 1.807) is 18.2 Å². The van der Waals surface area contributed by atoms with E-state index in [0.717, 1.165) is 31.4 Å². The van der Waals surface area contributed by atoms with Crippen LogP contribution < -0.4 is 16.4 Å². The molecular formula is C15H23N3O2. The van der Waals surface area contributed by atoms with E-state index in [1.807, 2.05) is 6.92 Å². The number of amides is 1. The zero-order valence-electron chi connectivity index (χ0n) is 11.9. The van der Waals surface area contributed by atoms with E-state index in [0.29, 0.717) is 17.8 Å². The maximum absolute atomic E-state index is 12.0. The first-order valence-electron chi connectivity index (χ1n) is 7.22. The average molecular weight is 277 g/mol. The Balaban J connectivity index is 2.12. The molecule has 5 N–H and O–H groups in total. The number of nitrogens with two attached hydrogens (primary N) is 1. The Bertz CT molecular complexity index is 468. The number of carbonyl (C=O) groups is 1. The smallest absolute Gasteiger partial charge is 0.253 e. The number of anilines is 2. The molecule has 5 heteroatoms. The first-order chi connectivity index (χ1) is 9.60. The van der Waals surface area contributed by atoms with E-state index < -0.39 is 0 Å². The van der Waals surface area contributed by atoms with Crippen molar-refractivity contribution in [2.75, 3.05) is 17.6 Å². The van der Waals surface area contributed by atoms with Crippen LogP contribution in [0.5, 0.6) is 0 Å². The molecule has 0 saturated heterocycles. The van der Waals surface area contributed by atoms with Crippen LogP contribution in [0.25, 0.3) is 0 Å². The van der Waals surface area contributed by atoms with Crippen molar-refractivity contribution in [2.24, 2.45) is 0 Å². The minimum absolute atomic E-state index is 0.0918. The second kappa shape index (κ2) is 6.61. The van der Waals surface area contributed by atoms with Crippen LogP contribution in [0, 0.1) is 0 Å². The highest BCUT2D eigenvalue weighted by Gasteiger charge is 2.21. The van der Waals surface area contributed by atoms with E-state index >= 15 is 0 Å². The third kappa shape index (κ3) is 3.63. The molecule has 1 aliphatic carbocycles. The van der Waals surface area contributed by atoms with Gasteiger partial charge in [-0.25, -0.2) is 0 Å². The van der Waals surface area contributed by atoms with Gasteiger partial charge >= 0.3 is 0 Å². The molecule has 1 aliphatic rings. The molecule has 110 valence electrons. The van der Waals surface area contributed by atoms with Crippen molar-refractivity contribution in [3.05, 3.63) is 23.8 Å². The molecule has 0 atom stereocenters. The number of benzene rings is 1. The van der Waals surface area contributed by atoms with E-state index in [4.69, 9.17) is 5.73 Å². The lowest BCUT2D eigenvalue weighted by molar-refractivity contribution is 0.0956. The molecule has 1 saturated carbocycles. The molecule has 0 unspecified atom stereocenters. The summed E-state index contributed by atoms with van der Waals surface area (Å²) in [6, 6.07) is 5.57. The second-order valence-electron chi connectivity index (χ2n) is 5.31. The first kappa shape index (κ1) is 14.7. The summed E-state index contributed by atoms with van der Waals surface area (Å²) in [7, 11) is 0. The van der Waals surface area contributed by atoms with Gasteiger partial charge in [0.1, 0.15) is 0 Å². The van der Waals surface area contributed by atoms with E-state index in [1.165, 1.54) is 0 Å². The number of rotatable bonds is 4. The lowest BCUT2D eigenvalue weighted by atomic mass is 9.92. The van der Waals surface area contributed by atoms with Crippen LogP contribution >= 0.6 is 0 Å². The summed E-state index contributed by atoms with van der Waals surface area (Å²) in [4.78, 5) is 12.0. The highest BCUT2D eigenvalue weighted by atomic mass is 16.3. The van der Waals surface area contributed by atoms with Gasteiger partial charge in [0.15, 0.2) is 0 Å². The molecule has 1 aromatic carbocycles. The number of hydrogen-bond acceptors (Lipinski definition) is 4. The number of carbonyl (C=O) groups excluding carboxylic acids is 1. The number of aliphatic hydroxyl groups excluding tert-OH is 1. The van der Waals surface area contributed by atoms with Crippen LogP contribution in [0.4, 0.5) is 11.4 Å². The SMILES string of the molecule is CCNC(=O)c1ccc(N)cc1NC1CCC(O)CC1. The lowest BCUT2D eigenvalue weighted by Crippen LogP contribution is -2.30. The van der Waals surface area contributed by atoms with E-state index in [-0.39, 0.29) is 18.1 Å². The summed E-state index contributed by atoms with van der Waals surface area (Å²) < 4.78 is 0. The van der Waals surface area contributed by atoms with Crippen LogP contribution in [-0.2, 0) is 0 Å². The minimum Gasteiger partial charge on any atom is -0.399 e. The maximum Gasteiger partial charge on any atom is 0.253 e. The Morgan fingerprint density at radius 2 is 2.05 bits per heavy atom. The van der Waals surface area contributed by atoms with Gasteiger partial charge in [0.25, 0.3) is 5.91 Å². The van der Waals surface area contributed by atoms with Crippen LogP contribution in [0.3, 0.4) is 0 Å². The molecule has 2 rings (SSSR count). The first-order valence-corrected chi connectivity index (χ1v) is 7.22. The fraction of sp³-hybridized carbons (Fsp3) is 0.533. The molecule has 0 radical (unpaired) electrons. The Morgan fingerprint density at radius 1 is 1.35 bits per heavy atom. The van der Waals surface area contributed by atoms with Crippen molar-refractivity contribution in [1.29, 1.82) is 0 Å². The predicted octanol–water partition coefficient (Wildman–Crippen LogP) is 1.73. The van der Waals surface area contributed by atoms with E-state index in [9.17, 15) is 9.90 Å². The Hall–Kier alpha value is -1.75. The molecule has 0 aromatic heterocycles. The molecule has 5 nitrogen and oxygen atoms in total. The van der Waals surface area contributed by atoms with Gasteiger partial charge in [0.05, 0.1) is 11.7 Å². The van der Waals surface area contributed by atoms with Crippen molar-refractivity contribution in [3.8, 4) is 0 Å². The maximum atomic E-state index is 12.0. The van der Waals surface area contributed by atoms with Gasteiger partial charge in [-0.15, -0.1) is 0 Å². The van der Waals surface area contributed by atoms with Gasteiger partial charge in [-0.1, -0.05) is 0 Å². The van der Waals surface area contributed by atoms with Crippen molar-refractivity contribution in [2.45, 2.75) is 44.8 Å². The van der Waals surface area contributed by atoms with Gasteiger partial charge in [0.2, 0.25) is 0 Å². The zero-order valence-corrected chi connectivity index (χ0v) is 11.9. The Kier molecular flexibility index (Phi) is 4.84. The van der Waals surface area contributed by atoms with Crippen LogP contribution in [-0.4, -0.2) is 29.7 Å². The average Bonchev–Trinajstić information content (AvgIpc) is 2.42. The van der Waals surface area contributed by atoms with Crippen LogP contribution in [0.2, 0.25) is 0 Å². The summed E-state index contributed by atoms with van der Waals surface area (Å²) in [5.74, 6) is -0.0918. The number of aliphatic hydroxyl groups is 1. The fourth-order valence-corrected chi connectivity index (χ4v) is 2.58. The highest BCUT2D eigenvalue weighted by Crippen LogP contribution is 2.25. The molecule has 1 amide bonds. The normalized spacial score (nSPS) is 22.3. The molecular weight excluding hydrogens is 254 g/mol. The third-order valence-corrected chi connectivity index (χ3v) is 3.68. The fourth-order valence-electron chi connectivity index (χ4n) is 2.58. The monoisotopic (exact) mass is 277 g/mol. The summed E-state index contributed by atoms with van der Waals surface area (Å²) in [5.41, 5.74) is 7.85. The zero-order chi connectivity index (χ0) is 14.5. The largest absolute Gasteiger partial charge is 0.399 e. The molecule has 1 fully saturated rings. The van der Waals surface area contributed by atoms with Gasteiger partial charge in [-0.3, -0.25) is 4.79 Å². The van der Waals surface area contributed by atoms with Crippen LogP contribution in [0.1, 0.15) is 43.0 Å². The number of nitrogen functional groups attached to an aromatic ring is 1. The van der Waals surface area contributed by atoms with Gasteiger partial charge < -0.3 is 21.5 Å². The molecule has 0 aliphatic heterocycles. The lowest BCUT2D eigenvalue weighted by Gasteiger charge is -2.28. The van der Waals surface area contributed by atoms with Gasteiger partial charge in [-0.05, 0) is 50.8 Å². The Morgan fingerprint density at radius 3 is 2.70 bits per heavy atom. The van der Waals surface area contributed by atoms with Crippen molar-refractivity contribution in [1.82, 2.24) is 5.32 Å². The summed E-state index contributed by atoms with van der Waals surface area (Å²) in [6.45, 7) is 2.49. The molecule has 20 heavy (non-hydrogen) atoms. The minimum atomic E-state index is -0.184. The standard InChI is InChI=1S/C15H23N3O2/c1-2-17-15(20)13-8-3-10(16)9-14(13)18-11-4-6-12(19)7-5-11/h3,8-9,11-12,18-19H,2,4-7,16H2,1H3,(H,17,20). The third-order valence-electron chi connectivity index (χ3n) is 3.68. The van der Waals surface area contributed by atoms with Crippen LogP contribution in [0.15, 0.2) is 18.2 Å². The Labute approximate surface area is 119 Å². The second-order valence-corrected chi connectivity index (χ2v) is 5.31. The van der Waals surface area contributed by atoms with Gasteiger partial charge in [0, 0.05) is 24.0 Å². The quantitative estimate of drug-likeness (QED) is 0.631. The van der Waals surface area contributed by atoms with Crippen molar-refractivity contribution < 1.29 is 9.90 Å². The highest BCUT2D eigenvalue weighted by molar-refractivity contribution is 6.00. The number of hydrogen-bond donors (Lipinski definition) is 4. The predicted molar refractivity (Wildman–Crippen MR) is 80.7 cm³/mol. The topological polar surface area (TPSA) is 87.4 Å². The molecule has 0 bridgehead atoms. The molecule has 0 spiro atoms.